The van der Waals surface area contributed by atoms with Crippen molar-refractivity contribution < 1.29 is 0 Å². The Morgan fingerprint density at radius 3 is 2.62 bits per heavy atom. The Balaban J connectivity index is 1.68. The van der Waals surface area contributed by atoms with Crippen molar-refractivity contribution in [2.75, 3.05) is 17.2 Å². The van der Waals surface area contributed by atoms with Crippen molar-refractivity contribution in [2.24, 2.45) is 0 Å². The monoisotopic (exact) mass is 341 g/mol. The average Bonchev–Trinajstić information content (AvgIpc) is 2.81. The van der Waals surface area contributed by atoms with Gasteiger partial charge in [0.05, 0.1) is 5.54 Å². The highest BCUT2D eigenvalue weighted by Gasteiger charge is 2.40. The summed E-state index contributed by atoms with van der Waals surface area (Å²) >= 11 is 6.36. The van der Waals surface area contributed by atoms with Crippen molar-refractivity contribution >= 4 is 23.2 Å². The predicted molar refractivity (Wildman–Crippen MR) is 101 cm³/mol. The quantitative estimate of drug-likeness (QED) is 0.801. The van der Waals surface area contributed by atoms with Gasteiger partial charge in [0, 0.05) is 22.5 Å². The largest absolute Gasteiger partial charge is 0.369 e. The number of rotatable bonds is 3. The number of nitrogens with one attached hydrogen (secondary N) is 2. The zero-order valence-corrected chi connectivity index (χ0v) is 15.3. The number of hydrogen-bond donors (Lipinski definition) is 2. The van der Waals surface area contributed by atoms with Gasteiger partial charge in [0.15, 0.2) is 0 Å². The van der Waals surface area contributed by atoms with Gasteiger partial charge in [-0.25, -0.2) is 4.98 Å². The number of pyridine rings is 1. The first-order valence-corrected chi connectivity index (χ1v) is 9.08. The summed E-state index contributed by atoms with van der Waals surface area (Å²) < 4.78 is 0. The molecule has 0 unspecified atom stereocenters. The van der Waals surface area contributed by atoms with Gasteiger partial charge in [0.25, 0.3) is 0 Å². The minimum Gasteiger partial charge on any atom is -0.369 e. The van der Waals surface area contributed by atoms with E-state index < -0.39 is 0 Å². The normalized spacial score (nSPS) is 20.0. The Morgan fingerprint density at radius 1 is 1.12 bits per heavy atom. The van der Waals surface area contributed by atoms with Crippen LogP contribution in [-0.2, 0) is 11.0 Å². The van der Waals surface area contributed by atoms with Crippen LogP contribution in [0, 0.1) is 6.92 Å². The van der Waals surface area contributed by atoms with Crippen LogP contribution >= 0.6 is 11.6 Å². The lowest BCUT2D eigenvalue weighted by molar-refractivity contribution is 0.282. The summed E-state index contributed by atoms with van der Waals surface area (Å²) in [6, 6.07) is 10.5. The second kappa shape index (κ2) is 5.38. The van der Waals surface area contributed by atoms with Crippen molar-refractivity contribution in [1.82, 2.24) is 4.98 Å². The van der Waals surface area contributed by atoms with Crippen LogP contribution in [0.3, 0.4) is 0 Å². The Kier molecular flexibility index (Phi) is 3.54. The topological polar surface area (TPSA) is 37.0 Å². The molecule has 0 saturated heterocycles. The van der Waals surface area contributed by atoms with Crippen LogP contribution in [0.4, 0.5) is 11.6 Å². The summed E-state index contributed by atoms with van der Waals surface area (Å²) in [6.45, 7) is 7.56. The molecule has 1 aromatic carbocycles. The van der Waals surface area contributed by atoms with E-state index in [1.54, 1.807) is 0 Å². The molecule has 4 heteroatoms. The summed E-state index contributed by atoms with van der Waals surface area (Å²) in [4.78, 5) is 4.84. The lowest BCUT2D eigenvalue weighted by Crippen LogP contribution is -2.43. The molecule has 3 nitrogen and oxygen atoms in total. The molecule has 0 atom stereocenters. The number of hydrogen-bond acceptors (Lipinski definition) is 3. The summed E-state index contributed by atoms with van der Waals surface area (Å²) in [6.07, 6.45) is 3.47. The number of halogens is 1. The van der Waals surface area contributed by atoms with Crippen LogP contribution in [0.1, 0.15) is 49.8 Å². The molecule has 2 heterocycles. The van der Waals surface area contributed by atoms with Gasteiger partial charge in [-0.1, -0.05) is 43.6 Å². The summed E-state index contributed by atoms with van der Waals surface area (Å²) in [5, 5.41) is 8.00. The molecular formula is C20H24ClN3. The van der Waals surface area contributed by atoms with E-state index in [1.165, 1.54) is 23.1 Å². The minimum absolute atomic E-state index is 0.0374. The summed E-state index contributed by atoms with van der Waals surface area (Å²) in [5.41, 5.74) is 3.89. The molecule has 0 bridgehead atoms. The van der Waals surface area contributed by atoms with E-state index in [9.17, 15) is 0 Å². The molecule has 24 heavy (non-hydrogen) atoms. The van der Waals surface area contributed by atoms with Gasteiger partial charge in [-0.05, 0) is 49.4 Å². The van der Waals surface area contributed by atoms with E-state index in [-0.39, 0.29) is 11.0 Å². The predicted octanol–water partition coefficient (Wildman–Crippen LogP) is 5.24. The van der Waals surface area contributed by atoms with Gasteiger partial charge in [0.1, 0.15) is 11.6 Å². The highest BCUT2D eigenvalue weighted by molar-refractivity contribution is 6.31. The molecule has 0 spiro atoms. The molecule has 0 amide bonds. The Hall–Kier alpha value is -1.74. The maximum Gasteiger partial charge on any atom is 0.132 e. The fourth-order valence-corrected chi connectivity index (χ4v) is 4.15. The van der Waals surface area contributed by atoms with Gasteiger partial charge in [-0.15, -0.1) is 0 Å². The van der Waals surface area contributed by atoms with Crippen molar-refractivity contribution in [1.29, 1.82) is 0 Å². The van der Waals surface area contributed by atoms with Crippen molar-refractivity contribution in [3.05, 3.63) is 52.0 Å². The molecule has 126 valence electrons. The Bertz CT molecular complexity index is 793. The lowest BCUT2D eigenvalue weighted by atomic mass is 9.70. The third-order valence-corrected chi connectivity index (χ3v) is 6.09. The molecule has 1 saturated carbocycles. The Morgan fingerprint density at radius 2 is 1.92 bits per heavy atom. The molecule has 4 rings (SSSR count). The van der Waals surface area contributed by atoms with E-state index in [0.29, 0.717) is 0 Å². The number of nitrogens with zero attached hydrogens (tertiary/aromatic N) is 1. The number of anilines is 2. The molecule has 1 fully saturated rings. The highest BCUT2D eigenvalue weighted by atomic mass is 35.5. The molecule has 2 N–H and O–H groups in total. The minimum atomic E-state index is -0.0374. The van der Waals surface area contributed by atoms with Crippen LogP contribution < -0.4 is 10.6 Å². The Labute approximate surface area is 148 Å². The van der Waals surface area contributed by atoms with Gasteiger partial charge in [-0.3, -0.25) is 0 Å². The second-order valence-corrected chi connectivity index (χ2v) is 8.21. The van der Waals surface area contributed by atoms with Crippen LogP contribution in [-0.4, -0.2) is 11.5 Å². The molecule has 2 aromatic rings. The van der Waals surface area contributed by atoms with E-state index in [2.05, 4.69) is 49.6 Å². The maximum atomic E-state index is 6.36. The zero-order chi connectivity index (χ0) is 16.9. The van der Waals surface area contributed by atoms with E-state index in [1.807, 2.05) is 12.1 Å². The fraction of sp³-hybridized carbons (Fsp3) is 0.450. The smallest absolute Gasteiger partial charge is 0.132 e. The standard InChI is InChI=1S/C20H24ClN3/c1-13-14(6-4-7-16(13)21)20(10-5-11-20)24-17-9-8-15-18(23-17)22-12-19(15,2)3/h4,6-9H,5,10-12H2,1-3H3,(H2,22,23,24). The molecule has 1 aromatic heterocycles. The van der Waals surface area contributed by atoms with E-state index in [4.69, 9.17) is 16.6 Å². The first kappa shape index (κ1) is 15.8. The van der Waals surface area contributed by atoms with Gasteiger partial charge >= 0.3 is 0 Å². The molecule has 0 radical (unpaired) electrons. The van der Waals surface area contributed by atoms with Crippen LogP contribution in [0.15, 0.2) is 30.3 Å². The highest BCUT2D eigenvalue weighted by Crippen LogP contribution is 2.46. The first-order chi connectivity index (χ1) is 11.4. The van der Waals surface area contributed by atoms with Gasteiger partial charge in [0.2, 0.25) is 0 Å². The van der Waals surface area contributed by atoms with Crippen molar-refractivity contribution in [3.8, 4) is 0 Å². The molecule has 1 aliphatic heterocycles. The van der Waals surface area contributed by atoms with Crippen LogP contribution in [0.25, 0.3) is 0 Å². The third-order valence-electron chi connectivity index (χ3n) is 5.68. The number of fused-ring (bicyclic) bond motifs is 1. The lowest BCUT2D eigenvalue weighted by Gasteiger charge is -2.44. The number of aromatic nitrogens is 1. The summed E-state index contributed by atoms with van der Waals surface area (Å²) in [5.74, 6) is 1.96. The number of benzene rings is 1. The average molecular weight is 342 g/mol. The van der Waals surface area contributed by atoms with E-state index in [0.717, 1.165) is 36.0 Å². The van der Waals surface area contributed by atoms with Crippen molar-refractivity contribution in [2.45, 2.75) is 51.0 Å². The van der Waals surface area contributed by atoms with Crippen molar-refractivity contribution in [3.63, 3.8) is 0 Å². The summed E-state index contributed by atoms with van der Waals surface area (Å²) in [7, 11) is 0. The maximum absolute atomic E-state index is 6.36. The van der Waals surface area contributed by atoms with Crippen LogP contribution in [0.5, 0.6) is 0 Å². The van der Waals surface area contributed by atoms with E-state index >= 15 is 0 Å². The second-order valence-electron chi connectivity index (χ2n) is 7.80. The van der Waals surface area contributed by atoms with Crippen LogP contribution in [0.2, 0.25) is 5.02 Å². The molecule has 1 aliphatic carbocycles. The zero-order valence-electron chi connectivity index (χ0n) is 14.5. The van der Waals surface area contributed by atoms with Gasteiger partial charge in [-0.2, -0.15) is 0 Å². The fourth-order valence-electron chi connectivity index (χ4n) is 3.97. The van der Waals surface area contributed by atoms with Gasteiger partial charge < -0.3 is 10.6 Å². The molecular weight excluding hydrogens is 318 g/mol. The molecule has 2 aliphatic rings. The third kappa shape index (κ3) is 2.37. The first-order valence-electron chi connectivity index (χ1n) is 8.71. The SMILES string of the molecule is Cc1c(Cl)cccc1C1(Nc2ccc3c(n2)NCC3(C)C)CCC1.